The standard InChI is InChI=1S/C27H29FN4O/c1-33-25-19-22(13-14-23(25)28)24-7-4-8-27-29-26(30-32(24)27)18-21-11-9-20(10-12-21)6-5-17-31-15-2-3-16-31/h4,7-14,19H,2-3,5-6,15-18H2,1H3. The van der Waals surface area contributed by atoms with E-state index >= 15 is 0 Å². The van der Waals surface area contributed by atoms with Crippen LogP contribution in [0.25, 0.3) is 16.9 Å². The molecule has 2 aromatic carbocycles. The molecular formula is C27H29FN4O. The topological polar surface area (TPSA) is 42.7 Å². The van der Waals surface area contributed by atoms with Crippen molar-refractivity contribution in [2.24, 2.45) is 0 Å². The highest BCUT2D eigenvalue weighted by Crippen LogP contribution is 2.27. The Morgan fingerprint density at radius 1 is 0.970 bits per heavy atom. The zero-order valence-corrected chi connectivity index (χ0v) is 19.0. The molecule has 5 rings (SSSR count). The summed E-state index contributed by atoms with van der Waals surface area (Å²) in [6, 6.07) is 19.5. The van der Waals surface area contributed by atoms with Crippen molar-refractivity contribution in [3.05, 3.63) is 83.4 Å². The van der Waals surface area contributed by atoms with E-state index in [-0.39, 0.29) is 11.6 Å². The van der Waals surface area contributed by atoms with Crippen LogP contribution in [0.1, 0.15) is 36.2 Å². The van der Waals surface area contributed by atoms with Crippen molar-refractivity contribution < 1.29 is 9.13 Å². The Balaban J connectivity index is 1.29. The fraction of sp³-hybridized carbons (Fsp3) is 0.333. The number of halogens is 1. The molecule has 170 valence electrons. The van der Waals surface area contributed by atoms with Crippen LogP contribution in [-0.4, -0.2) is 46.2 Å². The number of rotatable bonds is 8. The van der Waals surface area contributed by atoms with Crippen molar-refractivity contribution in [2.75, 3.05) is 26.7 Å². The number of methoxy groups -OCH3 is 1. The largest absolute Gasteiger partial charge is 0.494 e. The van der Waals surface area contributed by atoms with Gasteiger partial charge in [0.15, 0.2) is 23.0 Å². The molecule has 33 heavy (non-hydrogen) atoms. The van der Waals surface area contributed by atoms with Gasteiger partial charge in [-0.2, -0.15) is 5.10 Å². The minimum absolute atomic E-state index is 0.213. The van der Waals surface area contributed by atoms with Crippen LogP contribution in [0.3, 0.4) is 0 Å². The number of nitrogens with zero attached hydrogens (tertiary/aromatic N) is 4. The Kier molecular flexibility index (Phi) is 6.35. The molecule has 5 nitrogen and oxygen atoms in total. The smallest absolute Gasteiger partial charge is 0.165 e. The van der Waals surface area contributed by atoms with Gasteiger partial charge < -0.3 is 9.64 Å². The first-order valence-corrected chi connectivity index (χ1v) is 11.7. The quantitative estimate of drug-likeness (QED) is 0.376. The lowest BCUT2D eigenvalue weighted by atomic mass is 10.1. The highest BCUT2D eigenvalue weighted by atomic mass is 19.1. The third-order valence-electron chi connectivity index (χ3n) is 6.37. The summed E-state index contributed by atoms with van der Waals surface area (Å²) in [5.41, 5.74) is 5.02. The first kappa shape index (κ1) is 21.6. The van der Waals surface area contributed by atoms with Crippen molar-refractivity contribution in [2.45, 2.75) is 32.1 Å². The molecule has 6 heteroatoms. The Labute approximate surface area is 193 Å². The van der Waals surface area contributed by atoms with Crippen molar-refractivity contribution in [1.82, 2.24) is 19.5 Å². The predicted octanol–water partition coefficient (Wildman–Crippen LogP) is 5.16. The van der Waals surface area contributed by atoms with Gasteiger partial charge in [-0.25, -0.2) is 13.9 Å². The number of benzene rings is 2. The van der Waals surface area contributed by atoms with Crippen LogP contribution in [0, 0.1) is 5.82 Å². The number of hydrogen-bond acceptors (Lipinski definition) is 4. The normalized spacial score (nSPS) is 14.2. The minimum atomic E-state index is -0.382. The molecule has 0 N–H and O–H groups in total. The van der Waals surface area contributed by atoms with Crippen LogP contribution >= 0.6 is 0 Å². The summed E-state index contributed by atoms with van der Waals surface area (Å²) in [7, 11) is 1.47. The van der Waals surface area contributed by atoms with Crippen molar-refractivity contribution in [1.29, 1.82) is 0 Å². The minimum Gasteiger partial charge on any atom is -0.494 e. The van der Waals surface area contributed by atoms with E-state index in [2.05, 4.69) is 29.2 Å². The summed E-state index contributed by atoms with van der Waals surface area (Å²) in [6.07, 6.45) is 5.71. The van der Waals surface area contributed by atoms with Crippen LogP contribution in [0.15, 0.2) is 60.7 Å². The predicted molar refractivity (Wildman–Crippen MR) is 128 cm³/mol. The molecule has 1 aliphatic rings. The second kappa shape index (κ2) is 9.71. The molecule has 1 fully saturated rings. The molecule has 0 amide bonds. The van der Waals surface area contributed by atoms with Crippen LogP contribution in [-0.2, 0) is 12.8 Å². The lowest BCUT2D eigenvalue weighted by Gasteiger charge is -2.13. The molecule has 3 heterocycles. The number of aryl methyl sites for hydroxylation is 1. The Morgan fingerprint density at radius 2 is 1.76 bits per heavy atom. The van der Waals surface area contributed by atoms with E-state index in [9.17, 15) is 4.39 Å². The summed E-state index contributed by atoms with van der Waals surface area (Å²) < 4.78 is 20.8. The van der Waals surface area contributed by atoms with Gasteiger partial charge in [-0.3, -0.25) is 0 Å². The van der Waals surface area contributed by atoms with E-state index in [1.807, 2.05) is 22.7 Å². The van der Waals surface area contributed by atoms with Gasteiger partial charge in [0.1, 0.15) is 0 Å². The van der Waals surface area contributed by atoms with Crippen LogP contribution in [0.5, 0.6) is 5.75 Å². The summed E-state index contributed by atoms with van der Waals surface area (Å²) >= 11 is 0. The van der Waals surface area contributed by atoms with E-state index in [1.165, 1.54) is 63.2 Å². The first-order valence-electron chi connectivity index (χ1n) is 11.7. The fourth-order valence-electron chi connectivity index (χ4n) is 4.58. The molecule has 0 aliphatic carbocycles. The van der Waals surface area contributed by atoms with E-state index in [4.69, 9.17) is 14.8 Å². The van der Waals surface area contributed by atoms with Crippen LogP contribution in [0.4, 0.5) is 4.39 Å². The Hall–Kier alpha value is -3.25. The average Bonchev–Trinajstić information content (AvgIpc) is 3.50. The maximum Gasteiger partial charge on any atom is 0.165 e. The summed E-state index contributed by atoms with van der Waals surface area (Å²) in [5, 5.41) is 4.74. The first-order chi connectivity index (χ1) is 16.2. The number of likely N-dealkylation sites (tertiary alicyclic amines) is 1. The van der Waals surface area contributed by atoms with Gasteiger partial charge in [0.05, 0.1) is 12.8 Å². The lowest BCUT2D eigenvalue weighted by Crippen LogP contribution is -2.20. The zero-order valence-electron chi connectivity index (χ0n) is 19.0. The molecule has 4 aromatic rings. The van der Waals surface area contributed by atoms with Gasteiger partial charge in [-0.05, 0) is 86.8 Å². The molecule has 0 radical (unpaired) electrons. The Morgan fingerprint density at radius 3 is 2.55 bits per heavy atom. The second-order valence-electron chi connectivity index (χ2n) is 8.70. The molecule has 0 atom stereocenters. The average molecular weight is 445 g/mol. The summed E-state index contributed by atoms with van der Waals surface area (Å²) in [6.45, 7) is 3.73. The number of aromatic nitrogens is 3. The van der Waals surface area contributed by atoms with Crippen molar-refractivity contribution >= 4 is 5.65 Å². The molecule has 1 aliphatic heterocycles. The molecule has 0 spiro atoms. The molecule has 0 saturated carbocycles. The summed E-state index contributed by atoms with van der Waals surface area (Å²) in [5.74, 6) is 0.593. The number of hydrogen-bond donors (Lipinski definition) is 0. The maximum atomic E-state index is 13.9. The van der Waals surface area contributed by atoms with E-state index in [0.717, 1.165) is 29.1 Å². The number of fused-ring (bicyclic) bond motifs is 1. The van der Waals surface area contributed by atoms with Crippen molar-refractivity contribution in [3.63, 3.8) is 0 Å². The van der Waals surface area contributed by atoms with Crippen LogP contribution in [0.2, 0.25) is 0 Å². The van der Waals surface area contributed by atoms with Gasteiger partial charge in [0.25, 0.3) is 0 Å². The highest BCUT2D eigenvalue weighted by molar-refractivity contribution is 5.64. The second-order valence-corrected chi connectivity index (χ2v) is 8.70. The van der Waals surface area contributed by atoms with Crippen LogP contribution < -0.4 is 4.74 Å². The third-order valence-corrected chi connectivity index (χ3v) is 6.37. The van der Waals surface area contributed by atoms with Gasteiger partial charge in [-0.1, -0.05) is 30.3 Å². The fourth-order valence-corrected chi connectivity index (χ4v) is 4.58. The SMILES string of the molecule is COc1cc(-c2cccc3nc(Cc4ccc(CCCN5CCCC5)cc4)nn23)ccc1F. The van der Waals surface area contributed by atoms with Gasteiger partial charge in [0, 0.05) is 12.0 Å². The maximum absolute atomic E-state index is 13.9. The van der Waals surface area contributed by atoms with Gasteiger partial charge >= 0.3 is 0 Å². The Bertz CT molecular complexity index is 1230. The summed E-state index contributed by atoms with van der Waals surface area (Å²) in [4.78, 5) is 7.28. The van der Waals surface area contributed by atoms with E-state index in [1.54, 1.807) is 12.1 Å². The number of pyridine rings is 1. The third kappa shape index (κ3) is 4.91. The van der Waals surface area contributed by atoms with E-state index < -0.39 is 0 Å². The molecule has 2 aromatic heterocycles. The monoisotopic (exact) mass is 444 g/mol. The van der Waals surface area contributed by atoms with Gasteiger partial charge in [-0.15, -0.1) is 0 Å². The van der Waals surface area contributed by atoms with E-state index in [0.29, 0.717) is 6.42 Å². The highest BCUT2D eigenvalue weighted by Gasteiger charge is 2.13. The van der Waals surface area contributed by atoms with Crippen molar-refractivity contribution in [3.8, 4) is 17.0 Å². The van der Waals surface area contributed by atoms with Gasteiger partial charge in [0.2, 0.25) is 0 Å². The number of ether oxygens (including phenoxy) is 1. The molecule has 1 saturated heterocycles. The zero-order chi connectivity index (χ0) is 22.6. The lowest BCUT2D eigenvalue weighted by molar-refractivity contribution is 0.334. The molecule has 0 unspecified atom stereocenters. The molecular weight excluding hydrogens is 415 g/mol. The molecule has 0 bridgehead atoms.